The van der Waals surface area contributed by atoms with Gasteiger partial charge in [-0.25, -0.2) is 23.7 Å². The number of nitrogens with two attached hydrogens (primary N) is 1. The van der Waals surface area contributed by atoms with Crippen LogP contribution in [0.25, 0.3) is 22.3 Å². The second-order valence-electron chi connectivity index (χ2n) is 9.05. The van der Waals surface area contributed by atoms with Crippen LogP contribution in [0.4, 0.5) is 5.69 Å². The molecule has 2 aromatic carbocycles. The summed E-state index contributed by atoms with van der Waals surface area (Å²) in [4.78, 5) is 55.5. The first-order chi connectivity index (χ1) is 18.6. The molecule has 0 spiro atoms. The molecule has 39 heavy (non-hydrogen) atoms. The second-order valence-corrected chi connectivity index (χ2v) is 9.05. The lowest BCUT2D eigenvalue weighted by Crippen LogP contribution is -2.23. The first-order valence-electron chi connectivity index (χ1n) is 12.2. The number of fused-ring (bicyclic) bond motifs is 1. The molecule has 12 heteroatoms. The Bertz CT molecular complexity index is 1890. The van der Waals surface area contributed by atoms with Gasteiger partial charge < -0.3 is 11.1 Å². The highest BCUT2D eigenvalue weighted by Gasteiger charge is 2.23. The summed E-state index contributed by atoms with van der Waals surface area (Å²) >= 11 is 0. The summed E-state index contributed by atoms with van der Waals surface area (Å²) in [6, 6.07) is 14.8. The summed E-state index contributed by atoms with van der Waals surface area (Å²) in [7, 11) is 1.58. The molecule has 0 atom stereocenters. The molecule has 5 aromatic rings. The van der Waals surface area contributed by atoms with E-state index in [1.807, 2.05) is 6.92 Å². The Morgan fingerprint density at radius 3 is 2.31 bits per heavy atom. The monoisotopic (exact) mass is 526 g/mol. The fourth-order valence-corrected chi connectivity index (χ4v) is 4.70. The van der Waals surface area contributed by atoms with Crippen molar-refractivity contribution in [3.8, 4) is 11.4 Å². The summed E-state index contributed by atoms with van der Waals surface area (Å²) in [6.07, 6.45) is 0. The van der Waals surface area contributed by atoms with Crippen molar-refractivity contribution in [2.45, 2.75) is 27.3 Å². The van der Waals surface area contributed by atoms with Crippen LogP contribution in [0.5, 0.6) is 0 Å². The lowest BCUT2D eigenvalue weighted by molar-refractivity contribution is 0.0995. The molecule has 0 aliphatic rings. The number of primary amides is 1. The van der Waals surface area contributed by atoms with Gasteiger partial charge in [-0.1, -0.05) is 6.07 Å². The molecule has 198 valence electrons. The van der Waals surface area contributed by atoms with E-state index in [0.717, 1.165) is 0 Å². The van der Waals surface area contributed by atoms with Gasteiger partial charge in [0.05, 0.1) is 16.8 Å². The number of hydrogen-bond acceptors (Lipinski definition) is 6. The number of nitrogens with one attached hydrogen (secondary N) is 1. The Balaban J connectivity index is 1.62. The minimum Gasteiger partial charge on any atom is -0.366 e. The molecule has 3 heterocycles. The first-order valence-corrected chi connectivity index (χ1v) is 12.2. The molecule has 0 radical (unpaired) electrons. The van der Waals surface area contributed by atoms with E-state index in [-0.39, 0.29) is 22.5 Å². The van der Waals surface area contributed by atoms with Crippen LogP contribution in [0.15, 0.2) is 64.2 Å². The Morgan fingerprint density at radius 1 is 1.00 bits per heavy atom. The molecule has 0 fully saturated rings. The van der Waals surface area contributed by atoms with E-state index in [2.05, 4.69) is 15.4 Å². The van der Waals surface area contributed by atoms with E-state index >= 15 is 0 Å². The fraction of sp³-hybridized carbons (Fsp3) is 0.185. The molecule has 2 amide bonds. The van der Waals surface area contributed by atoms with Gasteiger partial charge in [-0.15, -0.1) is 0 Å². The van der Waals surface area contributed by atoms with Gasteiger partial charge in [-0.05, 0) is 69.3 Å². The minimum atomic E-state index is -0.617. The average Bonchev–Trinajstić information content (AvgIpc) is 3.34. The number of aryl methyl sites for hydroxylation is 4. The number of hydrogen-bond donors (Lipinski definition) is 2. The zero-order valence-electron chi connectivity index (χ0n) is 21.8. The van der Waals surface area contributed by atoms with Gasteiger partial charge in [-0.2, -0.15) is 5.10 Å². The summed E-state index contributed by atoms with van der Waals surface area (Å²) in [5.74, 6) is -0.617. The minimum absolute atomic E-state index is 0.0707. The van der Waals surface area contributed by atoms with E-state index in [9.17, 15) is 19.2 Å². The van der Waals surface area contributed by atoms with Crippen molar-refractivity contribution in [3.05, 3.63) is 98.2 Å². The molecule has 0 aliphatic carbocycles. The fourth-order valence-electron chi connectivity index (χ4n) is 4.70. The molecule has 0 unspecified atom stereocenters. The standard InChI is InChI=1S/C27H26N8O4/c1-5-33-23-21(13-15(2)29-22(23)25(37)30-18-8-6-7-17(14-18)24(28)36)26(38)35(33)20-11-9-19(10-12-20)34-16(3)31-32(4)27(34)39/h6-14H,5H2,1-4H3,(H2,28,36)(H,30,37). The number of carbonyl (C=O) groups excluding carboxylic acids is 2. The van der Waals surface area contributed by atoms with Crippen LogP contribution >= 0.6 is 0 Å². The molecule has 0 bridgehead atoms. The van der Waals surface area contributed by atoms with Crippen molar-refractivity contribution in [1.29, 1.82) is 0 Å². The van der Waals surface area contributed by atoms with Crippen molar-refractivity contribution in [3.63, 3.8) is 0 Å². The van der Waals surface area contributed by atoms with Crippen molar-refractivity contribution in [1.82, 2.24) is 28.7 Å². The highest BCUT2D eigenvalue weighted by Crippen LogP contribution is 2.22. The number of pyridine rings is 1. The molecule has 12 nitrogen and oxygen atoms in total. The van der Waals surface area contributed by atoms with Gasteiger partial charge in [0.1, 0.15) is 11.3 Å². The van der Waals surface area contributed by atoms with Crippen LogP contribution in [-0.2, 0) is 13.6 Å². The Labute approximate surface area is 221 Å². The number of nitrogens with zero attached hydrogens (tertiary/aromatic N) is 6. The Morgan fingerprint density at radius 2 is 1.69 bits per heavy atom. The highest BCUT2D eigenvalue weighted by molar-refractivity contribution is 6.11. The van der Waals surface area contributed by atoms with E-state index in [1.165, 1.54) is 20.0 Å². The topological polar surface area (TPSA) is 152 Å². The summed E-state index contributed by atoms with van der Waals surface area (Å²) in [5, 5.41) is 7.25. The van der Waals surface area contributed by atoms with E-state index < -0.39 is 11.8 Å². The Hall–Kier alpha value is -5.26. The number of amides is 2. The van der Waals surface area contributed by atoms with Crippen LogP contribution in [0, 0.1) is 13.8 Å². The van der Waals surface area contributed by atoms with E-state index in [4.69, 9.17) is 5.73 Å². The highest BCUT2D eigenvalue weighted by atomic mass is 16.2. The third kappa shape index (κ3) is 4.31. The van der Waals surface area contributed by atoms with Gasteiger partial charge in [-0.3, -0.25) is 19.1 Å². The van der Waals surface area contributed by atoms with Crippen molar-refractivity contribution < 1.29 is 9.59 Å². The maximum Gasteiger partial charge on any atom is 0.350 e. The largest absolute Gasteiger partial charge is 0.366 e. The van der Waals surface area contributed by atoms with Crippen molar-refractivity contribution >= 4 is 28.4 Å². The number of aromatic nitrogens is 6. The maximum atomic E-state index is 13.6. The third-order valence-corrected chi connectivity index (χ3v) is 6.40. The lowest BCUT2D eigenvalue weighted by Gasteiger charge is -2.13. The Kier molecular flexibility index (Phi) is 6.22. The normalized spacial score (nSPS) is 11.2. The third-order valence-electron chi connectivity index (χ3n) is 6.40. The van der Waals surface area contributed by atoms with E-state index in [1.54, 1.807) is 74.1 Å². The second kappa shape index (κ2) is 9.56. The summed E-state index contributed by atoms with van der Waals surface area (Å²) < 4.78 is 5.91. The number of carbonyl (C=O) groups is 2. The zero-order valence-corrected chi connectivity index (χ0v) is 21.8. The average molecular weight is 527 g/mol. The molecule has 0 aliphatic heterocycles. The first kappa shape index (κ1) is 25.4. The van der Waals surface area contributed by atoms with Crippen LogP contribution in [0.1, 0.15) is 39.3 Å². The van der Waals surface area contributed by atoms with Crippen LogP contribution in [-0.4, -0.2) is 40.5 Å². The number of anilines is 1. The molecular weight excluding hydrogens is 500 g/mol. The summed E-state index contributed by atoms with van der Waals surface area (Å²) in [5.41, 5.74) is 7.49. The van der Waals surface area contributed by atoms with Gasteiger partial charge in [0, 0.05) is 30.5 Å². The number of benzene rings is 2. The van der Waals surface area contributed by atoms with E-state index in [0.29, 0.717) is 46.0 Å². The van der Waals surface area contributed by atoms with Crippen molar-refractivity contribution in [2.75, 3.05) is 5.32 Å². The zero-order chi connectivity index (χ0) is 28.0. The molecular formula is C27H26N8O4. The predicted molar refractivity (Wildman–Crippen MR) is 146 cm³/mol. The molecule has 5 rings (SSSR count). The van der Waals surface area contributed by atoms with Gasteiger partial charge in [0.25, 0.3) is 11.5 Å². The molecule has 0 saturated heterocycles. The van der Waals surface area contributed by atoms with Gasteiger partial charge in [0.2, 0.25) is 5.91 Å². The molecule has 3 N–H and O–H groups in total. The van der Waals surface area contributed by atoms with Gasteiger partial charge >= 0.3 is 5.69 Å². The van der Waals surface area contributed by atoms with Crippen LogP contribution in [0.2, 0.25) is 0 Å². The molecule has 3 aromatic heterocycles. The predicted octanol–water partition coefficient (Wildman–Crippen LogP) is 2.06. The maximum absolute atomic E-state index is 13.6. The van der Waals surface area contributed by atoms with Crippen molar-refractivity contribution in [2.24, 2.45) is 12.8 Å². The summed E-state index contributed by atoms with van der Waals surface area (Å²) in [6.45, 7) is 5.67. The SMILES string of the molecule is CCn1c2c(C(=O)Nc3cccc(C(N)=O)c3)nc(C)cc2c(=O)n1-c1ccc(-n2c(C)nn(C)c2=O)cc1. The number of rotatable bonds is 6. The molecule has 0 saturated carbocycles. The smallest absolute Gasteiger partial charge is 0.350 e. The lowest BCUT2D eigenvalue weighted by atomic mass is 10.1. The van der Waals surface area contributed by atoms with Gasteiger partial charge in [0.15, 0.2) is 5.69 Å². The van der Waals surface area contributed by atoms with Crippen LogP contribution < -0.4 is 22.3 Å². The van der Waals surface area contributed by atoms with Crippen LogP contribution in [0.3, 0.4) is 0 Å². The quantitative estimate of drug-likeness (QED) is 0.346.